The number of hydrogen-bond acceptors (Lipinski definition) is 2. The Labute approximate surface area is 81.7 Å². The van der Waals surface area contributed by atoms with Crippen molar-refractivity contribution in [2.75, 3.05) is 0 Å². The van der Waals surface area contributed by atoms with Crippen LogP contribution in [0.2, 0.25) is 0 Å². The molecule has 1 amide bonds. The maximum atomic E-state index is 11.6. The zero-order valence-corrected chi connectivity index (χ0v) is 8.04. The van der Waals surface area contributed by atoms with Gasteiger partial charge < -0.3 is 10.3 Å². The van der Waals surface area contributed by atoms with Crippen molar-refractivity contribution >= 4 is 11.7 Å². The van der Waals surface area contributed by atoms with Gasteiger partial charge in [-0.1, -0.05) is 0 Å². The molecular formula is C10H12N2O2. The summed E-state index contributed by atoms with van der Waals surface area (Å²) in [6, 6.07) is 0. The molecular weight excluding hydrogens is 180 g/mol. The molecule has 0 fully saturated rings. The Morgan fingerprint density at radius 1 is 1.50 bits per heavy atom. The fraction of sp³-hybridized carbons (Fsp3) is 0.400. The second-order valence-electron chi connectivity index (χ2n) is 3.62. The highest BCUT2D eigenvalue weighted by atomic mass is 16.1. The lowest BCUT2D eigenvalue weighted by atomic mass is 9.94. The lowest BCUT2D eigenvalue weighted by Crippen LogP contribution is -2.16. The summed E-state index contributed by atoms with van der Waals surface area (Å²) in [6.45, 7) is 0. The predicted molar refractivity (Wildman–Crippen MR) is 51.2 cm³/mol. The van der Waals surface area contributed by atoms with Crippen molar-refractivity contribution < 1.29 is 9.59 Å². The van der Waals surface area contributed by atoms with Gasteiger partial charge in [0.05, 0.1) is 11.3 Å². The van der Waals surface area contributed by atoms with E-state index in [2.05, 4.69) is 0 Å². The molecule has 0 aromatic carbocycles. The average Bonchev–Trinajstić information content (AvgIpc) is 2.45. The van der Waals surface area contributed by atoms with E-state index in [9.17, 15) is 9.59 Å². The molecule has 1 aliphatic carbocycles. The van der Waals surface area contributed by atoms with Crippen LogP contribution >= 0.6 is 0 Å². The third kappa shape index (κ3) is 1.14. The smallest absolute Gasteiger partial charge is 0.250 e. The van der Waals surface area contributed by atoms with Gasteiger partial charge in [0.25, 0.3) is 5.91 Å². The van der Waals surface area contributed by atoms with Gasteiger partial charge in [-0.2, -0.15) is 0 Å². The number of hydrogen-bond donors (Lipinski definition) is 1. The predicted octanol–water partition coefficient (Wildman–Crippen LogP) is 0.643. The molecule has 1 aliphatic rings. The summed E-state index contributed by atoms with van der Waals surface area (Å²) in [6.07, 6.45) is 3.82. The Kier molecular flexibility index (Phi) is 1.91. The Morgan fingerprint density at radius 2 is 2.21 bits per heavy atom. The quantitative estimate of drug-likeness (QED) is 0.709. The van der Waals surface area contributed by atoms with Gasteiger partial charge in [-0.15, -0.1) is 0 Å². The number of aryl methyl sites for hydroxylation is 1. The van der Waals surface area contributed by atoms with Crippen molar-refractivity contribution in [3.05, 3.63) is 23.0 Å². The van der Waals surface area contributed by atoms with Crippen molar-refractivity contribution in [1.82, 2.24) is 4.57 Å². The van der Waals surface area contributed by atoms with E-state index in [0.717, 1.165) is 18.4 Å². The van der Waals surface area contributed by atoms with E-state index < -0.39 is 5.91 Å². The molecule has 0 spiro atoms. The normalized spacial score (nSPS) is 15.4. The first-order valence-corrected chi connectivity index (χ1v) is 4.62. The standard InChI is InChI=1S/C10H12N2O2/c1-12-5-7(10(11)14)6-3-2-4-8(13)9(6)12/h5H,2-4H2,1H3,(H2,11,14). The number of nitrogens with two attached hydrogens (primary N) is 1. The van der Waals surface area contributed by atoms with Gasteiger partial charge in [-0.3, -0.25) is 9.59 Å². The molecule has 74 valence electrons. The van der Waals surface area contributed by atoms with Crippen LogP contribution in [0.25, 0.3) is 0 Å². The number of carbonyl (C=O) groups excluding carboxylic acids is 2. The molecule has 0 atom stereocenters. The minimum Gasteiger partial charge on any atom is -0.366 e. The van der Waals surface area contributed by atoms with E-state index in [0.29, 0.717) is 17.7 Å². The van der Waals surface area contributed by atoms with Crippen LogP contribution in [-0.4, -0.2) is 16.3 Å². The van der Waals surface area contributed by atoms with Gasteiger partial charge in [0.1, 0.15) is 0 Å². The summed E-state index contributed by atoms with van der Waals surface area (Å²) in [7, 11) is 1.77. The Morgan fingerprint density at radius 3 is 2.86 bits per heavy atom. The molecule has 0 saturated heterocycles. The van der Waals surface area contributed by atoms with Gasteiger partial charge in [-0.25, -0.2) is 0 Å². The number of fused-ring (bicyclic) bond motifs is 1. The number of Topliss-reactive ketones (excluding diaryl/α,β-unsaturated/α-hetero) is 1. The number of rotatable bonds is 1. The molecule has 14 heavy (non-hydrogen) atoms. The van der Waals surface area contributed by atoms with Gasteiger partial charge >= 0.3 is 0 Å². The number of carbonyl (C=O) groups is 2. The zero-order valence-electron chi connectivity index (χ0n) is 8.04. The van der Waals surface area contributed by atoms with Gasteiger partial charge in [0, 0.05) is 19.7 Å². The van der Waals surface area contributed by atoms with Crippen LogP contribution < -0.4 is 5.73 Å². The molecule has 4 heteroatoms. The van der Waals surface area contributed by atoms with Crippen molar-refractivity contribution in [2.45, 2.75) is 19.3 Å². The van der Waals surface area contributed by atoms with Gasteiger partial charge in [0.2, 0.25) is 0 Å². The van der Waals surface area contributed by atoms with Crippen LogP contribution in [0, 0.1) is 0 Å². The van der Waals surface area contributed by atoms with Crippen LogP contribution in [-0.2, 0) is 13.5 Å². The SMILES string of the molecule is Cn1cc(C(N)=O)c2c1C(=O)CCC2. The minimum absolute atomic E-state index is 0.112. The van der Waals surface area contributed by atoms with Crippen LogP contribution in [0.4, 0.5) is 0 Å². The van der Waals surface area contributed by atoms with Crippen molar-refractivity contribution in [3.63, 3.8) is 0 Å². The molecule has 0 bridgehead atoms. The van der Waals surface area contributed by atoms with Gasteiger partial charge in [0.15, 0.2) is 5.78 Å². The summed E-state index contributed by atoms with van der Waals surface area (Å²) in [5, 5.41) is 0. The van der Waals surface area contributed by atoms with E-state index in [1.807, 2.05) is 0 Å². The van der Waals surface area contributed by atoms with E-state index in [1.165, 1.54) is 0 Å². The van der Waals surface area contributed by atoms with E-state index in [-0.39, 0.29) is 5.78 Å². The maximum Gasteiger partial charge on any atom is 0.250 e. The highest BCUT2D eigenvalue weighted by Gasteiger charge is 2.25. The molecule has 2 rings (SSSR count). The summed E-state index contributed by atoms with van der Waals surface area (Å²) >= 11 is 0. The fourth-order valence-electron chi connectivity index (χ4n) is 2.05. The van der Waals surface area contributed by atoms with Crippen molar-refractivity contribution in [2.24, 2.45) is 12.8 Å². The number of ketones is 1. The second-order valence-corrected chi connectivity index (χ2v) is 3.62. The average molecular weight is 192 g/mol. The molecule has 0 aliphatic heterocycles. The largest absolute Gasteiger partial charge is 0.366 e. The molecule has 0 radical (unpaired) electrons. The summed E-state index contributed by atoms with van der Waals surface area (Å²) in [4.78, 5) is 22.7. The van der Waals surface area contributed by atoms with Crippen molar-refractivity contribution in [1.29, 1.82) is 0 Å². The third-order valence-corrected chi connectivity index (χ3v) is 2.65. The van der Waals surface area contributed by atoms with Gasteiger partial charge in [-0.05, 0) is 18.4 Å². The highest BCUT2D eigenvalue weighted by molar-refractivity contribution is 6.03. The van der Waals surface area contributed by atoms with Crippen LogP contribution in [0.1, 0.15) is 39.3 Å². The minimum atomic E-state index is -0.448. The number of primary amides is 1. The fourth-order valence-corrected chi connectivity index (χ4v) is 2.05. The van der Waals surface area contributed by atoms with Crippen LogP contribution in [0.3, 0.4) is 0 Å². The number of nitrogens with zero attached hydrogens (tertiary/aromatic N) is 1. The first-order valence-electron chi connectivity index (χ1n) is 4.62. The van der Waals surface area contributed by atoms with Crippen LogP contribution in [0.15, 0.2) is 6.20 Å². The molecule has 1 heterocycles. The van der Waals surface area contributed by atoms with Crippen molar-refractivity contribution in [3.8, 4) is 0 Å². The number of amides is 1. The van der Waals surface area contributed by atoms with E-state index >= 15 is 0 Å². The number of aromatic nitrogens is 1. The summed E-state index contributed by atoms with van der Waals surface area (Å²) < 4.78 is 1.71. The molecule has 0 unspecified atom stereocenters. The Bertz CT molecular complexity index is 418. The molecule has 0 saturated carbocycles. The summed E-state index contributed by atoms with van der Waals surface area (Å²) in [5.41, 5.74) is 7.22. The monoisotopic (exact) mass is 192 g/mol. The third-order valence-electron chi connectivity index (χ3n) is 2.65. The lowest BCUT2D eigenvalue weighted by molar-refractivity contribution is 0.0964. The topological polar surface area (TPSA) is 65.1 Å². The summed E-state index contributed by atoms with van der Waals surface area (Å²) in [5.74, 6) is -0.335. The Balaban J connectivity index is 2.63. The van der Waals surface area contributed by atoms with Crippen LogP contribution in [0.5, 0.6) is 0 Å². The second kappa shape index (κ2) is 2.97. The first-order chi connectivity index (χ1) is 6.61. The maximum absolute atomic E-state index is 11.6. The Hall–Kier alpha value is -1.58. The van der Waals surface area contributed by atoms with E-state index in [4.69, 9.17) is 5.73 Å². The molecule has 1 aromatic heterocycles. The lowest BCUT2D eigenvalue weighted by Gasteiger charge is -2.12. The molecule has 4 nitrogen and oxygen atoms in total. The highest BCUT2D eigenvalue weighted by Crippen LogP contribution is 2.25. The van der Waals surface area contributed by atoms with E-state index in [1.54, 1.807) is 17.8 Å². The first kappa shape index (κ1) is 8.99. The molecule has 1 aromatic rings. The molecule has 2 N–H and O–H groups in total. The zero-order chi connectivity index (χ0) is 10.3.